The number of hydrogen-bond donors (Lipinski definition) is 3. The number of aromatic nitrogens is 1. The molecule has 3 heterocycles. The van der Waals surface area contributed by atoms with Gasteiger partial charge in [0.05, 0.1) is 6.04 Å². The van der Waals surface area contributed by atoms with Crippen molar-refractivity contribution in [1.82, 2.24) is 20.5 Å². The van der Waals surface area contributed by atoms with E-state index in [4.69, 9.17) is 0 Å². The van der Waals surface area contributed by atoms with Crippen LogP contribution in [0.15, 0.2) is 48.5 Å². The zero-order valence-corrected chi connectivity index (χ0v) is 21.8. The number of nitrogens with one attached hydrogen (secondary N) is 3. The molecule has 0 radical (unpaired) electrons. The summed E-state index contributed by atoms with van der Waals surface area (Å²) in [6, 6.07) is 13.9. The number of amides is 3. The summed E-state index contributed by atoms with van der Waals surface area (Å²) in [5.74, 6) is -0.696. The van der Waals surface area contributed by atoms with Gasteiger partial charge in [0, 0.05) is 35.1 Å². The summed E-state index contributed by atoms with van der Waals surface area (Å²) in [4.78, 5) is 45.7. The Morgan fingerprint density at radius 3 is 2.59 bits per heavy atom. The van der Waals surface area contributed by atoms with E-state index >= 15 is 0 Å². The van der Waals surface area contributed by atoms with Crippen molar-refractivity contribution in [2.75, 3.05) is 6.54 Å². The van der Waals surface area contributed by atoms with Crippen LogP contribution in [0.4, 0.5) is 0 Å². The van der Waals surface area contributed by atoms with Gasteiger partial charge in [-0.2, -0.15) is 0 Å². The summed E-state index contributed by atoms with van der Waals surface area (Å²) in [7, 11) is 0. The van der Waals surface area contributed by atoms with E-state index in [0.717, 1.165) is 53.4 Å². The van der Waals surface area contributed by atoms with Crippen LogP contribution in [0.2, 0.25) is 0 Å². The fourth-order valence-corrected chi connectivity index (χ4v) is 5.80. The van der Waals surface area contributed by atoms with E-state index in [1.165, 1.54) is 0 Å². The lowest BCUT2D eigenvalue weighted by Crippen LogP contribution is -2.57. The van der Waals surface area contributed by atoms with Crippen LogP contribution in [0.1, 0.15) is 79.7 Å². The lowest BCUT2D eigenvalue weighted by molar-refractivity contribution is -0.132. The van der Waals surface area contributed by atoms with Gasteiger partial charge < -0.3 is 20.5 Å². The molecule has 3 aromatic rings. The van der Waals surface area contributed by atoms with Gasteiger partial charge in [0.15, 0.2) is 0 Å². The van der Waals surface area contributed by atoms with Gasteiger partial charge in [-0.25, -0.2) is 0 Å². The summed E-state index contributed by atoms with van der Waals surface area (Å²) in [6.07, 6.45) is 4.67. The van der Waals surface area contributed by atoms with E-state index in [9.17, 15) is 14.4 Å². The summed E-state index contributed by atoms with van der Waals surface area (Å²) in [5.41, 5.74) is 4.55. The lowest BCUT2D eigenvalue weighted by atomic mass is 9.89. The second kappa shape index (κ2) is 10.4. The molecule has 0 bridgehead atoms. The smallest absolute Gasteiger partial charge is 0.255 e. The molecule has 5 rings (SSSR count). The zero-order chi connectivity index (χ0) is 26.1. The average molecular weight is 501 g/mol. The Kier molecular flexibility index (Phi) is 7.04. The van der Waals surface area contributed by atoms with Crippen LogP contribution in [-0.2, 0) is 16.0 Å². The van der Waals surface area contributed by atoms with Gasteiger partial charge in [-0.15, -0.1) is 0 Å². The molecule has 194 valence electrons. The molecule has 1 aromatic heterocycles. The minimum atomic E-state index is -0.713. The Morgan fingerprint density at radius 2 is 1.81 bits per heavy atom. The summed E-state index contributed by atoms with van der Waals surface area (Å²) >= 11 is 0. The predicted octanol–water partition coefficient (Wildman–Crippen LogP) is 4.48. The van der Waals surface area contributed by atoms with Crippen LogP contribution in [0.25, 0.3) is 10.9 Å². The Hall–Kier alpha value is -3.61. The number of unbranched alkanes of at least 4 members (excludes halogenated alkanes) is 3. The number of hydrogen-bond acceptors (Lipinski definition) is 3. The molecule has 0 aliphatic carbocycles. The molecule has 3 atom stereocenters. The van der Waals surface area contributed by atoms with Crippen molar-refractivity contribution in [2.24, 2.45) is 5.92 Å². The predicted molar refractivity (Wildman–Crippen MR) is 144 cm³/mol. The Labute approximate surface area is 218 Å². The first-order valence-electron chi connectivity index (χ1n) is 13.5. The summed E-state index contributed by atoms with van der Waals surface area (Å²) in [6.45, 7) is 6.61. The van der Waals surface area contributed by atoms with E-state index in [-0.39, 0.29) is 29.7 Å². The maximum Gasteiger partial charge on any atom is 0.255 e. The molecule has 2 aliphatic heterocycles. The van der Waals surface area contributed by atoms with Crippen LogP contribution in [0, 0.1) is 5.92 Å². The van der Waals surface area contributed by atoms with Crippen LogP contribution < -0.4 is 10.6 Å². The fourth-order valence-electron chi connectivity index (χ4n) is 5.80. The number of aromatic amines is 1. The van der Waals surface area contributed by atoms with Crippen molar-refractivity contribution >= 4 is 28.6 Å². The third-order valence-electron chi connectivity index (χ3n) is 7.73. The maximum absolute atomic E-state index is 13.8. The quantitative estimate of drug-likeness (QED) is 0.378. The van der Waals surface area contributed by atoms with Crippen molar-refractivity contribution in [3.05, 3.63) is 70.9 Å². The number of para-hydroxylation sites is 1. The van der Waals surface area contributed by atoms with E-state index in [2.05, 4.69) is 28.6 Å². The van der Waals surface area contributed by atoms with Crippen molar-refractivity contribution < 1.29 is 14.4 Å². The molecule has 3 amide bonds. The van der Waals surface area contributed by atoms with Gasteiger partial charge in [-0.1, -0.05) is 76.4 Å². The molecule has 7 nitrogen and oxygen atoms in total. The number of benzene rings is 2. The lowest BCUT2D eigenvalue weighted by Gasteiger charge is -2.38. The number of fused-ring (bicyclic) bond motifs is 7. The molecule has 0 spiro atoms. The van der Waals surface area contributed by atoms with Gasteiger partial charge in [-0.05, 0) is 35.6 Å². The first kappa shape index (κ1) is 25.1. The first-order valence-corrected chi connectivity index (χ1v) is 13.5. The molecule has 7 heteroatoms. The number of carbonyl (C=O) groups excluding carboxylic acids is 3. The number of rotatable bonds is 9. The molecule has 0 saturated heterocycles. The Balaban J connectivity index is 1.44. The van der Waals surface area contributed by atoms with Gasteiger partial charge in [-0.3, -0.25) is 14.4 Å². The van der Waals surface area contributed by atoms with Crippen molar-refractivity contribution in [1.29, 1.82) is 0 Å². The van der Waals surface area contributed by atoms with E-state index < -0.39 is 12.1 Å². The molecule has 3 N–H and O–H groups in total. The van der Waals surface area contributed by atoms with E-state index in [0.29, 0.717) is 18.5 Å². The summed E-state index contributed by atoms with van der Waals surface area (Å²) in [5, 5.41) is 7.08. The highest BCUT2D eigenvalue weighted by molar-refractivity contribution is 6.04. The zero-order valence-electron chi connectivity index (χ0n) is 21.8. The van der Waals surface area contributed by atoms with Gasteiger partial charge in [0.1, 0.15) is 12.1 Å². The Morgan fingerprint density at radius 1 is 1.05 bits per heavy atom. The van der Waals surface area contributed by atoms with Crippen molar-refractivity contribution in [3.8, 4) is 0 Å². The van der Waals surface area contributed by atoms with E-state index in [1.807, 2.05) is 56.3 Å². The average Bonchev–Trinajstić information content (AvgIpc) is 3.42. The maximum atomic E-state index is 13.8. The number of nitrogens with zero attached hydrogens (tertiary/aromatic N) is 1. The topological polar surface area (TPSA) is 94.3 Å². The monoisotopic (exact) mass is 500 g/mol. The molecule has 0 saturated carbocycles. The second-order valence-electron chi connectivity index (χ2n) is 10.6. The molecule has 0 fully saturated rings. The van der Waals surface area contributed by atoms with Gasteiger partial charge in [0.2, 0.25) is 11.8 Å². The van der Waals surface area contributed by atoms with Crippen molar-refractivity contribution in [3.63, 3.8) is 0 Å². The molecule has 0 unspecified atom stereocenters. The normalized spacial score (nSPS) is 18.9. The third-order valence-corrected chi connectivity index (χ3v) is 7.73. The highest BCUT2D eigenvalue weighted by atomic mass is 16.2. The van der Waals surface area contributed by atoms with Crippen LogP contribution >= 0.6 is 0 Å². The third kappa shape index (κ3) is 4.52. The van der Waals surface area contributed by atoms with Crippen LogP contribution in [0.5, 0.6) is 0 Å². The van der Waals surface area contributed by atoms with Gasteiger partial charge >= 0.3 is 0 Å². The largest absolute Gasteiger partial charge is 0.356 e. The molecular weight excluding hydrogens is 464 g/mol. The molecule has 2 aliphatic rings. The number of H-pyrrole nitrogens is 1. The van der Waals surface area contributed by atoms with Crippen LogP contribution in [-0.4, -0.2) is 46.2 Å². The second-order valence-corrected chi connectivity index (χ2v) is 10.6. The standard InChI is InChI=1S/C30H36N4O3/c1-4-5-6-11-16-31-29(36)25(18(2)3)33-28(35)24-17-22-19-12-9-10-15-23(19)32-26(22)27-20-13-7-8-14-21(20)30(37)34(24)27/h7-10,12-15,18,24-25,27,32H,4-6,11,16-17H2,1-3H3,(H,31,36)(H,33,35)/t24-,25-,27-/m0/s1. The highest BCUT2D eigenvalue weighted by Crippen LogP contribution is 2.46. The van der Waals surface area contributed by atoms with Crippen molar-refractivity contribution in [2.45, 2.75) is 71.0 Å². The first-order chi connectivity index (χ1) is 17.9. The summed E-state index contributed by atoms with van der Waals surface area (Å²) < 4.78 is 0. The minimum absolute atomic E-state index is 0.0888. The van der Waals surface area contributed by atoms with Crippen LogP contribution in [0.3, 0.4) is 0 Å². The number of carbonyl (C=O) groups is 3. The minimum Gasteiger partial charge on any atom is -0.356 e. The molecular formula is C30H36N4O3. The fraction of sp³-hybridized carbons (Fsp3) is 0.433. The SMILES string of the molecule is CCCCCCNC(=O)[C@@H](NC(=O)[C@@H]1Cc2c([nH]c3ccccc23)[C@@H]2c3ccccc3C(=O)N21)C(C)C. The van der Waals surface area contributed by atoms with E-state index in [1.54, 1.807) is 4.90 Å². The molecule has 37 heavy (non-hydrogen) atoms. The Bertz CT molecular complexity index is 1330. The highest BCUT2D eigenvalue weighted by Gasteiger charge is 2.49. The van der Waals surface area contributed by atoms with Gasteiger partial charge in [0.25, 0.3) is 5.91 Å². The molecule has 2 aromatic carbocycles.